The van der Waals surface area contributed by atoms with E-state index in [-0.39, 0.29) is 0 Å². The fourth-order valence-corrected chi connectivity index (χ4v) is 14.5. The van der Waals surface area contributed by atoms with Crippen molar-refractivity contribution in [2.24, 2.45) is 0 Å². The first-order valence-corrected chi connectivity index (χ1v) is 30.1. The maximum atomic E-state index is 2.50. The maximum Gasteiger partial charge on any atom is 0.0726 e. The van der Waals surface area contributed by atoms with Crippen molar-refractivity contribution < 1.29 is 0 Å². The molecule has 17 rings (SSSR count). The standard InChI is InChI=1S/C85H56N2/c1-4-20-57(21-5-1)64-44-52-83-76(54-64)77-55-65(58-22-6-2-7-23-58)45-53-84(77)87(83)67-48-42-62(43-49-67)60-38-36-59(37-39-60)61-40-46-66(47-41-61)86(82-35-19-15-31-75(82)70-27-11-10-26-69(70)63-24-8-3-9-25-63)68-50-51-74-73-30-14-18-34-80(73)85(81(74)56-68)78-32-16-12-28-71(78)72-29-13-17-33-79(72)85/h1-56H. The van der Waals surface area contributed by atoms with Gasteiger partial charge in [0.25, 0.3) is 0 Å². The van der Waals surface area contributed by atoms with Gasteiger partial charge in [-0.25, -0.2) is 0 Å². The number of benzene rings is 14. The van der Waals surface area contributed by atoms with Crippen LogP contribution in [0.15, 0.2) is 340 Å². The van der Waals surface area contributed by atoms with Crippen LogP contribution in [-0.2, 0) is 5.41 Å². The van der Waals surface area contributed by atoms with Gasteiger partial charge in [-0.1, -0.05) is 273 Å². The van der Waals surface area contributed by atoms with Crippen LogP contribution in [-0.4, -0.2) is 4.57 Å². The van der Waals surface area contributed by atoms with E-state index in [1.807, 2.05) is 0 Å². The third-order valence-electron chi connectivity index (χ3n) is 18.5. The predicted molar refractivity (Wildman–Crippen MR) is 364 cm³/mol. The second-order valence-electron chi connectivity index (χ2n) is 23.1. The van der Waals surface area contributed by atoms with E-state index >= 15 is 0 Å². The molecule has 0 aliphatic heterocycles. The van der Waals surface area contributed by atoms with E-state index in [1.54, 1.807) is 0 Å². The summed E-state index contributed by atoms with van der Waals surface area (Å²) in [7, 11) is 0. The fraction of sp³-hybridized carbons (Fsp3) is 0.0118. The van der Waals surface area contributed by atoms with Crippen LogP contribution in [0.4, 0.5) is 17.1 Å². The van der Waals surface area contributed by atoms with Gasteiger partial charge in [-0.15, -0.1) is 0 Å². The van der Waals surface area contributed by atoms with Crippen LogP contribution in [0.1, 0.15) is 22.3 Å². The Morgan fingerprint density at radius 2 is 0.575 bits per heavy atom. The maximum absolute atomic E-state index is 2.50. The number of fused-ring (bicyclic) bond motifs is 13. The summed E-state index contributed by atoms with van der Waals surface area (Å²) in [6.45, 7) is 0. The number of rotatable bonds is 10. The number of hydrogen-bond acceptors (Lipinski definition) is 1. The Morgan fingerprint density at radius 3 is 1.08 bits per heavy atom. The van der Waals surface area contributed by atoms with Gasteiger partial charge in [-0.05, 0) is 172 Å². The minimum Gasteiger partial charge on any atom is -0.310 e. The summed E-state index contributed by atoms with van der Waals surface area (Å²) < 4.78 is 2.42. The molecule has 0 N–H and O–H groups in total. The number of nitrogens with zero attached hydrogens (tertiary/aromatic N) is 2. The summed E-state index contributed by atoms with van der Waals surface area (Å²) in [5.74, 6) is 0. The Labute approximate surface area is 507 Å². The molecule has 14 aromatic carbocycles. The third-order valence-corrected chi connectivity index (χ3v) is 18.5. The highest BCUT2D eigenvalue weighted by molar-refractivity contribution is 6.12. The van der Waals surface area contributed by atoms with Gasteiger partial charge in [0.2, 0.25) is 0 Å². The first kappa shape index (κ1) is 50.2. The number of aromatic nitrogens is 1. The van der Waals surface area contributed by atoms with Crippen molar-refractivity contribution in [1.29, 1.82) is 0 Å². The lowest BCUT2D eigenvalue weighted by Gasteiger charge is -2.33. The zero-order valence-electron chi connectivity index (χ0n) is 47.7. The average molecular weight is 1110 g/mol. The van der Waals surface area contributed by atoms with Crippen molar-refractivity contribution >= 4 is 38.9 Å². The Morgan fingerprint density at radius 1 is 0.218 bits per heavy atom. The van der Waals surface area contributed by atoms with E-state index in [0.29, 0.717) is 0 Å². The van der Waals surface area contributed by atoms with Crippen molar-refractivity contribution in [3.63, 3.8) is 0 Å². The minimum absolute atomic E-state index is 0.480. The first-order chi connectivity index (χ1) is 43.2. The van der Waals surface area contributed by atoms with Crippen LogP contribution in [0, 0.1) is 0 Å². The summed E-state index contributed by atoms with van der Waals surface area (Å²) >= 11 is 0. The molecule has 0 unspecified atom stereocenters. The molecule has 0 radical (unpaired) electrons. The number of anilines is 3. The molecule has 0 atom stereocenters. The molecule has 87 heavy (non-hydrogen) atoms. The van der Waals surface area contributed by atoms with Gasteiger partial charge in [0.15, 0.2) is 0 Å². The van der Waals surface area contributed by atoms with Crippen LogP contribution >= 0.6 is 0 Å². The molecule has 0 bridgehead atoms. The zero-order valence-corrected chi connectivity index (χ0v) is 47.7. The number of para-hydroxylation sites is 1. The van der Waals surface area contributed by atoms with Crippen molar-refractivity contribution in [2.45, 2.75) is 5.41 Å². The van der Waals surface area contributed by atoms with Gasteiger partial charge in [-0.3, -0.25) is 0 Å². The molecule has 0 saturated heterocycles. The molecule has 15 aromatic rings. The van der Waals surface area contributed by atoms with Gasteiger partial charge in [-0.2, -0.15) is 0 Å². The Kier molecular flexibility index (Phi) is 11.8. The zero-order chi connectivity index (χ0) is 57.4. The van der Waals surface area contributed by atoms with Crippen LogP contribution < -0.4 is 4.90 Å². The Bertz CT molecular complexity index is 4960. The van der Waals surface area contributed by atoms with E-state index in [1.165, 1.54) is 116 Å². The molecule has 2 nitrogen and oxygen atoms in total. The topological polar surface area (TPSA) is 8.17 Å². The monoisotopic (exact) mass is 1100 g/mol. The van der Waals surface area contributed by atoms with Gasteiger partial charge < -0.3 is 9.47 Å². The van der Waals surface area contributed by atoms with Crippen molar-refractivity contribution in [3.8, 4) is 94.7 Å². The van der Waals surface area contributed by atoms with Crippen LogP contribution in [0.3, 0.4) is 0 Å². The summed E-state index contributed by atoms with van der Waals surface area (Å²) in [6, 6.07) is 126. The minimum atomic E-state index is -0.480. The molecule has 2 aliphatic rings. The molecular formula is C85H56N2. The third kappa shape index (κ3) is 8.10. The second kappa shape index (κ2) is 20.5. The quantitative estimate of drug-likeness (QED) is 0.132. The van der Waals surface area contributed by atoms with E-state index in [9.17, 15) is 0 Å². The smallest absolute Gasteiger partial charge is 0.0726 e. The highest BCUT2D eigenvalue weighted by Gasteiger charge is 2.51. The second-order valence-corrected chi connectivity index (χ2v) is 23.1. The van der Waals surface area contributed by atoms with Crippen LogP contribution in [0.25, 0.3) is 117 Å². The van der Waals surface area contributed by atoms with Crippen molar-refractivity contribution in [2.75, 3.05) is 4.90 Å². The molecule has 2 heteroatoms. The SMILES string of the molecule is c1ccc(-c2ccc3c(c2)c2cc(-c4ccccc4)ccc2n3-c2ccc(-c3ccc(-c4ccc(N(c5ccc6c(c5)C5(c7ccccc7-c7ccccc75)c5ccccc5-6)c5ccccc5-c5ccccc5-c5ccccc5)cc4)cc3)cc2)cc1. The van der Waals surface area contributed by atoms with Gasteiger partial charge in [0.05, 0.1) is 22.1 Å². The Hall–Kier alpha value is -11.3. The van der Waals surface area contributed by atoms with Crippen molar-refractivity contribution in [1.82, 2.24) is 4.57 Å². The molecule has 0 amide bonds. The first-order valence-electron chi connectivity index (χ1n) is 30.1. The summed E-state index contributed by atoms with van der Waals surface area (Å²) in [6.07, 6.45) is 0. The van der Waals surface area contributed by atoms with Gasteiger partial charge in [0, 0.05) is 33.4 Å². The Balaban J connectivity index is 0.742. The predicted octanol–water partition coefficient (Wildman–Crippen LogP) is 22.6. The van der Waals surface area contributed by atoms with E-state index in [4.69, 9.17) is 0 Å². The molecule has 2 aliphatic carbocycles. The molecule has 1 spiro atoms. The molecule has 1 heterocycles. The lowest BCUT2D eigenvalue weighted by atomic mass is 9.70. The van der Waals surface area contributed by atoms with Crippen LogP contribution in [0.5, 0.6) is 0 Å². The van der Waals surface area contributed by atoms with Crippen molar-refractivity contribution in [3.05, 3.63) is 362 Å². The molecule has 0 fully saturated rings. The van der Waals surface area contributed by atoms with Gasteiger partial charge in [0.1, 0.15) is 0 Å². The van der Waals surface area contributed by atoms with E-state index in [0.717, 1.165) is 39.4 Å². The molecule has 1 aromatic heterocycles. The summed E-state index contributed by atoms with van der Waals surface area (Å²) in [5, 5.41) is 2.48. The molecule has 406 valence electrons. The normalized spacial score (nSPS) is 12.5. The largest absolute Gasteiger partial charge is 0.310 e. The summed E-state index contributed by atoms with van der Waals surface area (Å²) in [5.41, 5.74) is 31.0. The molecule has 0 saturated carbocycles. The van der Waals surface area contributed by atoms with Crippen LogP contribution in [0.2, 0.25) is 0 Å². The summed E-state index contributed by atoms with van der Waals surface area (Å²) in [4.78, 5) is 2.49. The average Bonchev–Trinajstić information content (AvgIpc) is 1.55. The highest BCUT2D eigenvalue weighted by Crippen LogP contribution is 2.63. The number of hydrogen-bond donors (Lipinski definition) is 0. The van der Waals surface area contributed by atoms with E-state index in [2.05, 4.69) is 349 Å². The van der Waals surface area contributed by atoms with Gasteiger partial charge >= 0.3 is 0 Å². The molecular weight excluding hydrogens is 1050 g/mol. The van der Waals surface area contributed by atoms with E-state index < -0.39 is 5.41 Å². The highest BCUT2D eigenvalue weighted by atomic mass is 15.1. The lowest BCUT2D eigenvalue weighted by Crippen LogP contribution is -2.26. The fourth-order valence-electron chi connectivity index (χ4n) is 14.5. The lowest BCUT2D eigenvalue weighted by molar-refractivity contribution is 0.793.